The molecule has 2 bridgehead atoms. The van der Waals surface area contributed by atoms with Crippen molar-refractivity contribution in [1.29, 1.82) is 0 Å². The van der Waals surface area contributed by atoms with Gasteiger partial charge in [0, 0.05) is 11.7 Å². The summed E-state index contributed by atoms with van der Waals surface area (Å²) >= 11 is 0. The molecule has 4 nitrogen and oxygen atoms in total. The second kappa shape index (κ2) is 6.42. The third-order valence-electron chi connectivity index (χ3n) is 5.61. The van der Waals surface area contributed by atoms with Crippen LogP contribution >= 0.6 is 0 Å². The zero-order chi connectivity index (χ0) is 16.5. The molecule has 1 aliphatic heterocycles. The zero-order valence-corrected chi connectivity index (χ0v) is 13.9. The SMILES string of the molecule is O=C1C2C=CC(C2)N1CC(=O)N(c1ccccc1)C1CCCCC1. The van der Waals surface area contributed by atoms with E-state index >= 15 is 0 Å². The third kappa shape index (κ3) is 2.74. The number of rotatable bonds is 4. The molecule has 2 atom stereocenters. The minimum Gasteiger partial charge on any atom is -0.326 e. The first-order valence-corrected chi connectivity index (χ1v) is 9.10. The maximum absolute atomic E-state index is 13.1. The number of para-hydroxylation sites is 1. The summed E-state index contributed by atoms with van der Waals surface area (Å²) < 4.78 is 0. The Morgan fingerprint density at radius 2 is 1.83 bits per heavy atom. The van der Waals surface area contributed by atoms with E-state index in [2.05, 4.69) is 6.08 Å². The molecule has 1 heterocycles. The number of fused-ring (bicyclic) bond motifs is 2. The van der Waals surface area contributed by atoms with Crippen LogP contribution in [-0.2, 0) is 9.59 Å². The van der Waals surface area contributed by atoms with Crippen molar-refractivity contribution in [1.82, 2.24) is 4.90 Å². The first-order chi connectivity index (χ1) is 11.7. The zero-order valence-electron chi connectivity index (χ0n) is 13.9. The van der Waals surface area contributed by atoms with Crippen molar-refractivity contribution < 1.29 is 9.59 Å². The lowest BCUT2D eigenvalue weighted by Gasteiger charge is -2.36. The van der Waals surface area contributed by atoms with Crippen LogP contribution in [0.3, 0.4) is 0 Å². The molecule has 0 aromatic heterocycles. The Morgan fingerprint density at radius 1 is 1.08 bits per heavy atom. The van der Waals surface area contributed by atoms with Crippen molar-refractivity contribution in [3.05, 3.63) is 42.5 Å². The molecule has 2 unspecified atom stereocenters. The number of carbonyl (C=O) groups excluding carboxylic acids is 2. The molecular formula is C20H24N2O2. The highest BCUT2D eigenvalue weighted by molar-refractivity contribution is 5.98. The Balaban J connectivity index is 1.55. The van der Waals surface area contributed by atoms with Gasteiger partial charge < -0.3 is 9.80 Å². The number of anilines is 1. The fourth-order valence-corrected chi connectivity index (χ4v) is 4.37. The summed E-state index contributed by atoms with van der Waals surface area (Å²) in [6, 6.07) is 10.3. The molecule has 24 heavy (non-hydrogen) atoms. The van der Waals surface area contributed by atoms with E-state index in [0.717, 1.165) is 24.9 Å². The molecule has 1 aromatic rings. The number of benzene rings is 1. The van der Waals surface area contributed by atoms with Crippen LogP contribution in [0.15, 0.2) is 42.5 Å². The fraction of sp³-hybridized carbons (Fsp3) is 0.500. The van der Waals surface area contributed by atoms with Gasteiger partial charge in [0.15, 0.2) is 0 Å². The van der Waals surface area contributed by atoms with Gasteiger partial charge in [-0.2, -0.15) is 0 Å². The van der Waals surface area contributed by atoms with E-state index in [1.54, 1.807) is 4.90 Å². The van der Waals surface area contributed by atoms with Crippen LogP contribution in [0.2, 0.25) is 0 Å². The molecule has 0 N–H and O–H groups in total. The summed E-state index contributed by atoms with van der Waals surface area (Å²) in [4.78, 5) is 29.2. The van der Waals surface area contributed by atoms with Crippen LogP contribution in [-0.4, -0.2) is 35.3 Å². The number of nitrogens with zero attached hydrogens (tertiary/aromatic N) is 2. The molecule has 126 valence electrons. The average Bonchev–Trinajstić information content (AvgIpc) is 3.20. The van der Waals surface area contributed by atoms with Gasteiger partial charge in [-0.1, -0.05) is 49.6 Å². The maximum Gasteiger partial charge on any atom is 0.246 e. The minimum absolute atomic E-state index is 0.00246. The predicted octanol–water partition coefficient (Wildman–Crippen LogP) is 3.14. The number of amides is 2. The second-order valence-corrected chi connectivity index (χ2v) is 7.15. The van der Waals surface area contributed by atoms with Gasteiger partial charge in [0.25, 0.3) is 0 Å². The average molecular weight is 324 g/mol. The number of hydrogen-bond acceptors (Lipinski definition) is 2. The molecule has 2 aliphatic carbocycles. The predicted molar refractivity (Wildman–Crippen MR) is 93.5 cm³/mol. The van der Waals surface area contributed by atoms with E-state index in [-0.39, 0.29) is 36.4 Å². The van der Waals surface area contributed by atoms with Crippen LogP contribution in [0.4, 0.5) is 5.69 Å². The Hall–Kier alpha value is -2.10. The lowest BCUT2D eigenvalue weighted by molar-refractivity contribution is -0.135. The van der Waals surface area contributed by atoms with Crippen molar-refractivity contribution in [2.45, 2.75) is 50.6 Å². The molecule has 4 heteroatoms. The second-order valence-electron chi connectivity index (χ2n) is 7.15. The van der Waals surface area contributed by atoms with Crippen LogP contribution in [0.25, 0.3) is 0 Å². The van der Waals surface area contributed by atoms with Crippen LogP contribution in [0, 0.1) is 5.92 Å². The summed E-state index contributed by atoms with van der Waals surface area (Å²) in [5.41, 5.74) is 0.960. The molecule has 2 fully saturated rings. The summed E-state index contributed by atoms with van der Waals surface area (Å²) in [5.74, 6) is 0.178. The number of carbonyl (C=O) groups is 2. The molecule has 0 radical (unpaired) electrons. The Labute approximate surface area is 143 Å². The van der Waals surface area contributed by atoms with E-state index in [1.807, 2.05) is 41.3 Å². The van der Waals surface area contributed by atoms with Crippen molar-refractivity contribution in [2.24, 2.45) is 5.92 Å². The van der Waals surface area contributed by atoms with Crippen molar-refractivity contribution in [2.75, 3.05) is 11.4 Å². The van der Waals surface area contributed by atoms with Gasteiger partial charge in [-0.25, -0.2) is 0 Å². The Morgan fingerprint density at radius 3 is 2.50 bits per heavy atom. The molecular weight excluding hydrogens is 300 g/mol. The smallest absolute Gasteiger partial charge is 0.246 e. The van der Waals surface area contributed by atoms with Gasteiger partial charge >= 0.3 is 0 Å². The molecule has 1 saturated carbocycles. The monoisotopic (exact) mass is 324 g/mol. The van der Waals surface area contributed by atoms with Gasteiger partial charge in [0.05, 0.1) is 12.0 Å². The van der Waals surface area contributed by atoms with Crippen LogP contribution in [0.1, 0.15) is 38.5 Å². The minimum atomic E-state index is 0.00246. The maximum atomic E-state index is 13.1. The van der Waals surface area contributed by atoms with E-state index in [1.165, 1.54) is 19.3 Å². The Bertz CT molecular complexity index is 649. The molecule has 0 spiro atoms. The fourth-order valence-electron chi connectivity index (χ4n) is 4.37. The molecule has 1 saturated heterocycles. The highest BCUT2D eigenvalue weighted by atomic mass is 16.2. The van der Waals surface area contributed by atoms with E-state index in [4.69, 9.17) is 0 Å². The van der Waals surface area contributed by atoms with Gasteiger partial charge in [0.2, 0.25) is 11.8 Å². The van der Waals surface area contributed by atoms with Crippen molar-refractivity contribution >= 4 is 17.5 Å². The summed E-state index contributed by atoms with van der Waals surface area (Å²) in [5, 5.41) is 0. The van der Waals surface area contributed by atoms with Gasteiger partial charge in [0.1, 0.15) is 6.54 Å². The molecule has 2 amide bonds. The number of hydrogen-bond donors (Lipinski definition) is 0. The molecule has 3 aliphatic rings. The van der Waals surface area contributed by atoms with Gasteiger partial charge in [-0.15, -0.1) is 0 Å². The van der Waals surface area contributed by atoms with Gasteiger partial charge in [-0.3, -0.25) is 9.59 Å². The summed E-state index contributed by atoms with van der Waals surface area (Å²) in [7, 11) is 0. The lowest BCUT2D eigenvalue weighted by atomic mass is 9.93. The Kier molecular flexibility index (Phi) is 4.13. The van der Waals surface area contributed by atoms with E-state index < -0.39 is 0 Å². The summed E-state index contributed by atoms with van der Waals surface area (Å²) in [6.07, 6.45) is 10.6. The van der Waals surface area contributed by atoms with Gasteiger partial charge in [-0.05, 0) is 31.4 Å². The molecule has 1 aromatic carbocycles. The first kappa shape index (κ1) is 15.4. The third-order valence-corrected chi connectivity index (χ3v) is 5.61. The highest BCUT2D eigenvalue weighted by Crippen LogP contribution is 2.33. The van der Waals surface area contributed by atoms with Crippen molar-refractivity contribution in [3.8, 4) is 0 Å². The summed E-state index contributed by atoms with van der Waals surface area (Å²) in [6.45, 7) is 0.204. The number of likely N-dealkylation sites (tertiary alicyclic amines) is 1. The standard InChI is InChI=1S/C20H24N2O2/c23-19(14-21-18-12-11-15(13-18)20(21)24)22(16-7-3-1-4-8-16)17-9-5-2-6-10-17/h1,3-4,7-8,11-12,15,17-18H,2,5-6,9-10,13-14H2. The quantitative estimate of drug-likeness (QED) is 0.798. The highest BCUT2D eigenvalue weighted by Gasteiger charge is 2.42. The first-order valence-electron chi connectivity index (χ1n) is 9.10. The molecule has 4 rings (SSSR count). The van der Waals surface area contributed by atoms with Crippen molar-refractivity contribution in [3.63, 3.8) is 0 Å². The van der Waals surface area contributed by atoms with E-state index in [0.29, 0.717) is 0 Å². The normalized spacial score (nSPS) is 26.2. The van der Waals surface area contributed by atoms with E-state index in [9.17, 15) is 9.59 Å². The largest absolute Gasteiger partial charge is 0.326 e. The lowest BCUT2D eigenvalue weighted by Crippen LogP contribution is -2.49. The van der Waals surface area contributed by atoms with Crippen LogP contribution in [0.5, 0.6) is 0 Å². The topological polar surface area (TPSA) is 40.6 Å². The van der Waals surface area contributed by atoms with Crippen LogP contribution < -0.4 is 4.90 Å².